The molecular weight excluding hydrogens is 301 g/mol. The molecule has 0 aliphatic carbocycles. The number of nitrogens with zero attached hydrogens (tertiary/aromatic N) is 2. The molecule has 0 aromatic carbocycles. The topological polar surface area (TPSA) is 42.0 Å². The molecule has 8 heteroatoms. The van der Waals surface area contributed by atoms with Crippen LogP contribution in [0, 0.1) is 11.8 Å². The second kappa shape index (κ2) is 7.61. The van der Waals surface area contributed by atoms with Gasteiger partial charge in [0, 0.05) is 32.7 Å². The van der Waals surface area contributed by atoms with Gasteiger partial charge in [-0.05, 0) is 5.92 Å². The van der Waals surface area contributed by atoms with Crippen molar-refractivity contribution in [1.29, 1.82) is 0 Å². The Kier molecular flexibility index (Phi) is 6.05. The standard InChI is InChI=1S/C14H23F3N2O3/c1-11-8-18(2-5-22-10-14(15,16)17)9-12(11)13(20)19-3-6-21-7-4-19/h11-12H,2-10H2,1H3/t11-,12-/m1/s1. The normalized spacial score (nSPS) is 27.4. The highest BCUT2D eigenvalue weighted by Crippen LogP contribution is 2.25. The molecule has 0 unspecified atom stereocenters. The highest BCUT2D eigenvalue weighted by Gasteiger charge is 2.37. The Hall–Kier alpha value is -0.860. The second-order valence-electron chi connectivity index (χ2n) is 5.95. The Balaban J connectivity index is 1.73. The van der Waals surface area contributed by atoms with Crippen LogP contribution in [-0.2, 0) is 14.3 Å². The lowest BCUT2D eigenvalue weighted by Crippen LogP contribution is -2.45. The van der Waals surface area contributed by atoms with Crippen molar-refractivity contribution in [2.75, 3.05) is 59.2 Å². The van der Waals surface area contributed by atoms with Crippen molar-refractivity contribution in [2.45, 2.75) is 13.1 Å². The molecule has 2 aliphatic heterocycles. The van der Waals surface area contributed by atoms with Crippen molar-refractivity contribution in [2.24, 2.45) is 11.8 Å². The Labute approximate surface area is 128 Å². The van der Waals surface area contributed by atoms with Gasteiger partial charge in [0.1, 0.15) is 6.61 Å². The number of carbonyl (C=O) groups is 1. The summed E-state index contributed by atoms with van der Waals surface area (Å²) in [7, 11) is 0. The van der Waals surface area contributed by atoms with Gasteiger partial charge in [0.15, 0.2) is 0 Å². The lowest BCUT2D eigenvalue weighted by molar-refractivity contribution is -0.174. The Bertz CT molecular complexity index is 373. The molecule has 0 spiro atoms. The molecule has 1 amide bonds. The van der Waals surface area contributed by atoms with Crippen molar-refractivity contribution in [3.8, 4) is 0 Å². The van der Waals surface area contributed by atoms with E-state index in [1.54, 1.807) is 0 Å². The number of likely N-dealkylation sites (tertiary alicyclic amines) is 1. The minimum absolute atomic E-state index is 0.0324. The zero-order valence-corrected chi connectivity index (χ0v) is 12.8. The van der Waals surface area contributed by atoms with Crippen molar-refractivity contribution in [1.82, 2.24) is 9.80 Å². The van der Waals surface area contributed by atoms with Crippen LogP contribution in [-0.4, -0.2) is 81.0 Å². The molecule has 0 saturated carbocycles. The van der Waals surface area contributed by atoms with Gasteiger partial charge in [0.25, 0.3) is 0 Å². The van der Waals surface area contributed by atoms with Crippen molar-refractivity contribution < 1.29 is 27.4 Å². The highest BCUT2D eigenvalue weighted by molar-refractivity contribution is 5.79. The lowest BCUT2D eigenvalue weighted by Gasteiger charge is -2.30. The van der Waals surface area contributed by atoms with Crippen LogP contribution in [0.5, 0.6) is 0 Å². The maximum atomic E-state index is 12.5. The van der Waals surface area contributed by atoms with E-state index in [4.69, 9.17) is 4.74 Å². The molecule has 0 aromatic heterocycles. The largest absolute Gasteiger partial charge is 0.411 e. The first kappa shape index (κ1) is 17.5. The van der Waals surface area contributed by atoms with E-state index in [0.717, 1.165) is 6.54 Å². The molecule has 0 aromatic rings. The van der Waals surface area contributed by atoms with Gasteiger partial charge >= 0.3 is 6.18 Å². The molecule has 128 valence electrons. The molecule has 0 N–H and O–H groups in total. The molecular formula is C14H23F3N2O3. The fourth-order valence-electron chi connectivity index (χ4n) is 2.97. The first-order chi connectivity index (χ1) is 10.4. The number of amides is 1. The van der Waals surface area contributed by atoms with Crippen LogP contribution in [0.15, 0.2) is 0 Å². The van der Waals surface area contributed by atoms with E-state index in [1.807, 2.05) is 16.7 Å². The van der Waals surface area contributed by atoms with Crippen LogP contribution in [0.1, 0.15) is 6.92 Å². The van der Waals surface area contributed by atoms with Gasteiger partial charge < -0.3 is 14.4 Å². The summed E-state index contributed by atoms with van der Waals surface area (Å²) in [6.45, 7) is 4.95. The predicted molar refractivity (Wildman–Crippen MR) is 73.4 cm³/mol. The van der Waals surface area contributed by atoms with E-state index in [2.05, 4.69) is 4.74 Å². The van der Waals surface area contributed by atoms with Crippen LogP contribution in [0.25, 0.3) is 0 Å². The summed E-state index contributed by atoms with van der Waals surface area (Å²) in [5, 5.41) is 0. The van der Waals surface area contributed by atoms with E-state index >= 15 is 0 Å². The van der Waals surface area contributed by atoms with Gasteiger partial charge in [-0.15, -0.1) is 0 Å². The van der Waals surface area contributed by atoms with E-state index in [1.165, 1.54) is 0 Å². The predicted octanol–water partition coefficient (Wildman–Crippen LogP) is 0.992. The Morgan fingerprint density at radius 2 is 1.95 bits per heavy atom. The first-order valence-corrected chi connectivity index (χ1v) is 7.60. The average molecular weight is 324 g/mol. The molecule has 0 bridgehead atoms. The molecule has 2 saturated heterocycles. The fraction of sp³-hybridized carbons (Fsp3) is 0.929. The van der Waals surface area contributed by atoms with Gasteiger partial charge in [-0.3, -0.25) is 9.69 Å². The SMILES string of the molecule is C[C@@H]1CN(CCOCC(F)(F)F)C[C@H]1C(=O)N1CCOCC1. The molecule has 0 radical (unpaired) electrons. The van der Waals surface area contributed by atoms with Crippen LogP contribution < -0.4 is 0 Å². The number of morpholine rings is 1. The molecule has 22 heavy (non-hydrogen) atoms. The quantitative estimate of drug-likeness (QED) is 0.708. The highest BCUT2D eigenvalue weighted by atomic mass is 19.4. The number of rotatable bonds is 5. The summed E-state index contributed by atoms with van der Waals surface area (Å²) in [6, 6.07) is 0. The molecule has 2 rings (SSSR count). The zero-order chi connectivity index (χ0) is 16.2. The molecule has 2 aliphatic rings. The van der Waals surface area contributed by atoms with Gasteiger partial charge in [-0.25, -0.2) is 0 Å². The van der Waals surface area contributed by atoms with Crippen LogP contribution in [0.2, 0.25) is 0 Å². The number of hydrogen-bond donors (Lipinski definition) is 0. The number of ether oxygens (including phenoxy) is 2. The fourth-order valence-corrected chi connectivity index (χ4v) is 2.97. The molecule has 2 atom stereocenters. The number of hydrogen-bond acceptors (Lipinski definition) is 4. The van der Waals surface area contributed by atoms with E-state index in [-0.39, 0.29) is 24.3 Å². The summed E-state index contributed by atoms with van der Waals surface area (Å²) in [4.78, 5) is 16.3. The molecule has 5 nitrogen and oxygen atoms in total. The van der Waals surface area contributed by atoms with Crippen LogP contribution in [0.3, 0.4) is 0 Å². The van der Waals surface area contributed by atoms with Gasteiger partial charge in [-0.1, -0.05) is 6.92 Å². The van der Waals surface area contributed by atoms with Gasteiger partial charge in [0.05, 0.1) is 25.7 Å². The third kappa shape index (κ3) is 5.10. The lowest BCUT2D eigenvalue weighted by atomic mass is 9.96. The number of halogens is 3. The first-order valence-electron chi connectivity index (χ1n) is 7.60. The third-order valence-electron chi connectivity index (χ3n) is 4.15. The number of alkyl halides is 3. The smallest absolute Gasteiger partial charge is 0.378 e. The summed E-state index contributed by atoms with van der Waals surface area (Å²) in [5.74, 6) is 0.258. The van der Waals surface area contributed by atoms with Crippen LogP contribution in [0.4, 0.5) is 13.2 Å². The van der Waals surface area contributed by atoms with Crippen molar-refractivity contribution >= 4 is 5.91 Å². The Morgan fingerprint density at radius 1 is 1.27 bits per heavy atom. The van der Waals surface area contributed by atoms with Crippen molar-refractivity contribution in [3.05, 3.63) is 0 Å². The third-order valence-corrected chi connectivity index (χ3v) is 4.15. The van der Waals surface area contributed by atoms with E-state index in [9.17, 15) is 18.0 Å². The van der Waals surface area contributed by atoms with Gasteiger partial charge in [0.2, 0.25) is 5.91 Å². The second-order valence-corrected chi connectivity index (χ2v) is 5.95. The maximum absolute atomic E-state index is 12.5. The minimum atomic E-state index is -4.28. The Morgan fingerprint density at radius 3 is 2.59 bits per heavy atom. The average Bonchev–Trinajstić information content (AvgIpc) is 2.84. The van der Waals surface area contributed by atoms with E-state index in [0.29, 0.717) is 39.4 Å². The molecule has 2 heterocycles. The summed E-state index contributed by atoms with van der Waals surface area (Å²) in [5.41, 5.74) is 0. The van der Waals surface area contributed by atoms with Gasteiger partial charge in [-0.2, -0.15) is 13.2 Å². The summed E-state index contributed by atoms with van der Waals surface area (Å²) in [6.07, 6.45) is -4.28. The van der Waals surface area contributed by atoms with E-state index < -0.39 is 12.8 Å². The zero-order valence-electron chi connectivity index (χ0n) is 12.8. The monoisotopic (exact) mass is 324 g/mol. The molecule has 2 fully saturated rings. The minimum Gasteiger partial charge on any atom is -0.378 e. The van der Waals surface area contributed by atoms with Crippen LogP contribution >= 0.6 is 0 Å². The van der Waals surface area contributed by atoms with Crippen molar-refractivity contribution in [3.63, 3.8) is 0 Å². The maximum Gasteiger partial charge on any atom is 0.411 e. The summed E-state index contributed by atoms with van der Waals surface area (Å²) >= 11 is 0. The number of carbonyl (C=O) groups excluding carboxylic acids is 1. The summed E-state index contributed by atoms with van der Waals surface area (Å²) < 4.78 is 45.8.